The van der Waals surface area contributed by atoms with Crippen molar-refractivity contribution in [2.24, 2.45) is 12.8 Å². The highest BCUT2D eigenvalue weighted by Gasteiger charge is 2.22. The van der Waals surface area contributed by atoms with Crippen LogP contribution < -0.4 is 17.0 Å². The number of aryl methyl sites for hydroxylation is 2. The Labute approximate surface area is 181 Å². The second kappa shape index (κ2) is 7.09. The van der Waals surface area contributed by atoms with E-state index in [9.17, 15) is 14.4 Å². The Kier molecular flexibility index (Phi) is 4.33. The number of nitrogens with two attached hydrogens (primary N) is 1. The van der Waals surface area contributed by atoms with Crippen LogP contribution in [0.3, 0.4) is 0 Å². The zero-order chi connectivity index (χ0) is 22.6. The number of carbonyl (C=O) groups excluding carboxylic acids is 1. The summed E-state index contributed by atoms with van der Waals surface area (Å²) in [5, 5.41) is 0. The van der Waals surface area contributed by atoms with Crippen molar-refractivity contribution in [1.82, 2.24) is 23.1 Å². The van der Waals surface area contributed by atoms with Crippen molar-refractivity contribution in [1.29, 1.82) is 0 Å². The Bertz CT molecular complexity index is 1620. The summed E-state index contributed by atoms with van der Waals surface area (Å²) >= 11 is 0. The first-order chi connectivity index (χ1) is 15.4. The van der Waals surface area contributed by atoms with Gasteiger partial charge in [0, 0.05) is 24.5 Å². The number of benzene rings is 2. The molecule has 0 saturated heterocycles. The maximum absolute atomic E-state index is 13.2. The van der Waals surface area contributed by atoms with Crippen LogP contribution in [0.15, 0.2) is 70.4 Å². The molecule has 5 aromatic rings. The lowest BCUT2D eigenvalue weighted by Crippen LogP contribution is -2.42. The van der Waals surface area contributed by atoms with E-state index < -0.39 is 23.7 Å². The number of primary amides is 1. The van der Waals surface area contributed by atoms with E-state index in [-0.39, 0.29) is 11.2 Å². The highest BCUT2D eigenvalue weighted by atomic mass is 16.2. The molecule has 0 unspecified atom stereocenters. The Morgan fingerprint density at radius 2 is 1.72 bits per heavy atom. The summed E-state index contributed by atoms with van der Waals surface area (Å²) in [6.45, 7) is 1.51. The van der Waals surface area contributed by atoms with Crippen LogP contribution in [-0.2, 0) is 18.4 Å². The maximum atomic E-state index is 13.2. The van der Waals surface area contributed by atoms with Crippen molar-refractivity contribution >= 4 is 22.8 Å². The molecule has 3 heterocycles. The van der Waals surface area contributed by atoms with E-state index in [4.69, 9.17) is 5.73 Å². The van der Waals surface area contributed by atoms with Crippen molar-refractivity contribution in [2.45, 2.75) is 13.5 Å². The summed E-state index contributed by atoms with van der Waals surface area (Å²) in [4.78, 5) is 42.0. The molecule has 2 aromatic carbocycles. The zero-order valence-corrected chi connectivity index (χ0v) is 17.5. The van der Waals surface area contributed by atoms with E-state index in [1.807, 2.05) is 72.3 Å². The summed E-state index contributed by atoms with van der Waals surface area (Å²) in [6, 6.07) is 17.7. The van der Waals surface area contributed by atoms with Gasteiger partial charge in [0.05, 0.1) is 5.69 Å². The molecule has 2 N–H and O–H groups in total. The number of fused-ring (bicyclic) bond motifs is 3. The first-order valence-corrected chi connectivity index (χ1v) is 10.0. The number of amides is 1. The van der Waals surface area contributed by atoms with E-state index in [0.717, 1.165) is 27.1 Å². The van der Waals surface area contributed by atoms with Gasteiger partial charge in [-0.25, -0.2) is 9.36 Å². The number of rotatable bonds is 4. The largest absolute Gasteiger partial charge is 0.368 e. The van der Waals surface area contributed by atoms with E-state index in [1.54, 1.807) is 4.40 Å². The molecule has 5 rings (SSSR count). The molecule has 0 radical (unpaired) electrons. The molecule has 0 spiro atoms. The number of hydrogen-bond donors (Lipinski definition) is 1. The van der Waals surface area contributed by atoms with Crippen LogP contribution in [0.4, 0.5) is 0 Å². The SMILES string of the molecule is Cc1ccc(-n2c(-c3ccccc3)cn3c4c(=O)n(CC(N)=O)c(=O)n(C)c4nc23)cc1. The standard InChI is InChI=1S/C23H20N6O3/c1-14-8-10-16(11-9-14)29-17(15-6-4-3-5-7-15)12-27-19-20(25-22(27)29)26(2)23(32)28(21(19)31)13-18(24)30/h3-12H,13H2,1-2H3,(H2,24,30). The zero-order valence-electron chi connectivity index (χ0n) is 17.5. The fourth-order valence-corrected chi connectivity index (χ4v) is 3.95. The monoisotopic (exact) mass is 428 g/mol. The first-order valence-electron chi connectivity index (χ1n) is 10.0. The summed E-state index contributed by atoms with van der Waals surface area (Å²) in [7, 11) is 1.52. The molecule has 0 aliphatic rings. The van der Waals surface area contributed by atoms with Gasteiger partial charge in [0.1, 0.15) is 6.54 Å². The molecule has 0 atom stereocenters. The average molecular weight is 428 g/mol. The van der Waals surface area contributed by atoms with Gasteiger partial charge in [-0.05, 0) is 19.1 Å². The summed E-state index contributed by atoms with van der Waals surface area (Å²) < 4.78 is 5.70. The molecule has 9 nitrogen and oxygen atoms in total. The molecular weight excluding hydrogens is 408 g/mol. The molecule has 9 heteroatoms. The molecule has 0 saturated carbocycles. The highest BCUT2D eigenvalue weighted by molar-refractivity contribution is 5.80. The van der Waals surface area contributed by atoms with Gasteiger partial charge in [-0.2, -0.15) is 4.98 Å². The smallest absolute Gasteiger partial charge is 0.332 e. The summed E-state index contributed by atoms with van der Waals surface area (Å²) in [6.07, 6.45) is 1.82. The molecule has 1 amide bonds. The van der Waals surface area contributed by atoms with Crippen LogP contribution in [0.25, 0.3) is 33.9 Å². The summed E-state index contributed by atoms with van der Waals surface area (Å²) in [5.74, 6) is -0.293. The van der Waals surface area contributed by atoms with E-state index >= 15 is 0 Å². The normalized spacial score (nSPS) is 11.4. The van der Waals surface area contributed by atoms with Crippen molar-refractivity contribution in [3.63, 3.8) is 0 Å². The van der Waals surface area contributed by atoms with Crippen LogP contribution >= 0.6 is 0 Å². The number of carbonyl (C=O) groups is 1. The predicted molar refractivity (Wildman–Crippen MR) is 121 cm³/mol. The molecule has 160 valence electrons. The van der Waals surface area contributed by atoms with Crippen molar-refractivity contribution in [3.05, 3.63) is 87.2 Å². The summed E-state index contributed by atoms with van der Waals surface area (Å²) in [5.41, 5.74) is 8.18. The molecule has 0 aliphatic heterocycles. The van der Waals surface area contributed by atoms with Crippen LogP contribution in [0.1, 0.15) is 5.56 Å². The third-order valence-corrected chi connectivity index (χ3v) is 5.53. The molecule has 3 aromatic heterocycles. The quantitative estimate of drug-likeness (QED) is 0.469. The highest BCUT2D eigenvalue weighted by Crippen LogP contribution is 2.28. The van der Waals surface area contributed by atoms with Crippen molar-refractivity contribution in [3.8, 4) is 16.9 Å². The Morgan fingerprint density at radius 1 is 1.03 bits per heavy atom. The predicted octanol–water partition coefficient (Wildman–Crippen LogP) is 1.60. The number of nitrogens with zero attached hydrogens (tertiary/aromatic N) is 5. The molecule has 32 heavy (non-hydrogen) atoms. The number of imidazole rings is 2. The fourth-order valence-electron chi connectivity index (χ4n) is 3.95. The van der Waals surface area contributed by atoms with E-state index in [2.05, 4.69) is 4.98 Å². The third-order valence-electron chi connectivity index (χ3n) is 5.53. The lowest BCUT2D eigenvalue weighted by Gasteiger charge is -2.09. The lowest BCUT2D eigenvalue weighted by atomic mass is 10.1. The maximum Gasteiger partial charge on any atom is 0.332 e. The number of aromatic nitrogens is 5. The Hall–Kier alpha value is -4.40. The van der Waals surface area contributed by atoms with Crippen LogP contribution in [0.2, 0.25) is 0 Å². The second-order valence-corrected chi connectivity index (χ2v) is 7.70. The third kappa shape index (κ3) is 2.86. The topological polar surface area (TPSA) is 109 Å². The Balaban J connectivity index is 1.93. The molecule has 0 aliphatic carbocycles. The fraction of sp³-hybridized carbons (Fsp3) is 0.130. The van der Waals surface area contributed by atoms with E-state index in [1.165, 1.54) is 11.6 Å². The van der Waals surface area contributed by atoms with Gasteiger partial charge < -0.3 is 5.73 Å². The van der Waals surface area contributed by atoms with Gasteiger partial charge in [0.15, 0.2) is 11.2 Å². The van der Waals surface area contributed by atoms with Crippen LogP contribution in [0, 0.1) is 6.92 Å². The lowest BCUT2D eigenvalue weighted by molar-refractivity contribution is -0.118. The van der Waals surface area contributed by atoms with Gasteiger partial charge in [-0.3, -0.25) is 23.1 Å². The van der Waals surface area contributed by atoms with Crippen LogP contribution in [0.5, 0.6) is 0 Å². The minimum Gasteiger partial charge on any atom is -0.368 e. The second-order valence-electron chi connectivity index (χ2n) is 7.70. The van der Waals surface area contributed by atoms with Gasteiger partial charge in [-0.1, -0.05) is 48.0 Å². The molecule has 0 fully saturated rings. The molecule has 0 bridgehead atoms. The van der Waals surface area contributed by atoms with Crippen LogP contribution in [-0.4, -0.2) is 29.0 Å². The van der Waals surface area contributed by atoms with Gasteiger partial charge in [-0.15, -0.1) is 0 Å². The van der Waals surface area contributed by atoms with Crippen molar-refractivity contribution < 1.29 is 4.79 Å². The Morgan fingerprint density at radius 3 is 2.38 bits per heavy atom. The minimum atomic E-state index is -0.772. The number of hydrogen-bond acceptors (Lipinski definition) is 4. The van der Waals surface area contributed by atoms with Gasteiger partial charge >= 0.3 is 5.69 Å². The molecular formula is C23H20N6O3. The first kappa shape index (κ1) is 19.6. The van der Waals surface area contributed by atoms with E-state index in [0.29, 0.717) is 5.78 Å². The van der Waals surface area contributed by atoms with Gasteiger partial charge in [0.2, 0.25) is 11.7 Å². The minimum absolute atomic E-state index is 0.200. The van der Waals surface area contributed by atoms with Crippen molar-refractivity contribution in [2.75, 3.05) is 0 Å². The average Bonchev–Trinajstić information content (AvgIpc) is 3.33. The van der Waals surface area contributed by atoms with Gasteiger partial charge in [0.25, 0.3) is 5.56 Å².